The van der Waals surface area contributed by atoms with Gasteiger partial charge in [-0.1, -0.05) is 0 Å². The summed E-state index contributed by atoms with van der Waals surface area (Å²) < 4.78 is 5.75. The van der Waals surface area contributed by atoms with Crippen molar-refractivity contribution in [3.63, 3.8) is 0 Å². The topological polar surface area (TPSA) is 55.5 Å². The number of halogens is 1. The Kier molecular flexibility index (Phi) is 2.20. The molecule has 0 amide bonds. The molecule has 0 aromatic heterocycles. The Hall–Kier alpha value is -0.740. The van der Waals surface area contributed by atoms with Gasteiger partial charge in [-0.25, -0.2) is 0 Å². The van der Waals surface area contributed by atoms with E-state index in [1.165, 1.54) is 0 Å². The van der Waals surface area contributed by atoms with Gasteiger partial charge in [-0.15, -0.1) is 0 Å². The van der Waals surface area contributed by atoms with Crippen molar-refractivity contribution >= 4 is 15.9 Å². The van der Waals surface area contributed by atoms with E-state index in [9.17, 15) is 5.11 Å². The van der Waals surface area contributed by atoms with Gasteiger partial charge in [0.1, 0.15) is 11.5 Å². The lowest BCUT2D eigenvalue weighted by molar-refractivity contribution is 0.407. The van der Waals surface area contributed by atoms with E-state index in [0.717, 1.165) is 18.4 Å². The van der Waals surface area contributed by atoms with Gasteiger partial charge in [0.05, 0.1) is 11.6 Å². The molecule has 4 heteroatoms. The molecule has 2 rings (SSSR count). The van der Waals surface area contributed by atoms with Gasteiger partial charge in [0.2, 0.25) is 0 Å². The monoisotopic (exact) mass is 257 g/mol. The maximum atomic E-state index is 9.81. The van der Waals surface area contributed by atoms with Crippen molar-refractivity contribution in [1.82, 2.24) is 0 Å². The fourth-order valence-corrected chi connectivity index (χ4v) is 1.91. The van der Waals surface area contributed by atoms with Crippen molar-refractivity contribution in [2.24, 2.45) is 5.73 Å². The highest BCUT2D eigenvalue weighted by Crippen LogP contribution is 2.49. The smallest absolute Gasteiger partial charge is 0.135 e. The molecule has 14 heavy (non-hydrogen) atoms. The van der Waals surface area contributed by atoms with Gasteiger partial charge in [0.15, 0.2) is 0 Å². The Morgan fingerprint density at radius 3 is 2.64 bits per heavy atom. The van der Waals surface area contributed by atoms with Gasteiger partial charge >= 0.3 is 0 Å². The zero-order valence-corrected chi connectivity index (χ0v) is 9.47. The molecule has 0 radical (unpaired) electrons. The summed E-state index contributed by atoms with van der Waals surface area (Å²) >= 11 is 3.27. The third-order valence-corrected chi connectivity index (χ3v) is 3.20. The second kappa shape index (κ2) is 3.14. The molecular formula is C10H12BrNO2. The van der Waals surface area contributed by atoms with Gasteiger partial charge < -0.3 is 15.6 Å². The predicted octanol–water partition coefficient (Wildman–Crippen LogP) is 2.11. The first kappa shape index (κ1) is 9.80. The standard InChI is InChI=1S/C10H12BrNO2/c1-14-6-4-7(10(12)2-3-10)9(13)8(11)5-6/h4-5,13H,2-3,12H2,1H3. The van der Waals surface area contributed by atoms with Crippen molar-refractivity contribution in [2.75, 3.05) is 7.11 Å². The lowest BCUT2D eigenvalue weighted by atomic mass is 10.0. The Labute approximate surface area is 91.0 Å². The van der Waals surface area contributed by atoms with Crippen molar-refractivity contribution in [2.45, 2.75) is 18.4 Å². The zero-order valence-electron chi connectivity index (χ0n) is 7.88. The first-order chi connectivity index (χ1) is 6.57. The number of benzene rings is 1. The summed E-state index contributed by atoms with van der Waals surface area (Å²) in [5, 5.41) is 9.81. The normalized spacial score (nSPS) is 17.9. The summed E-state index contributed by atoms with van der Waals surface area (Å²) in [6.07, 6.45) is 1.83. The first-order valence-corrected chi connectivity index (χ1v) is 5.22. The summed E-state index contributed by atoms with van der Waals surface area (Å²) in [6.45, 7) is 0. The number of ether oxygens (including phenoxy) is 1. The Morgan fingerprint density at radius 2 is 2.14 bits per heavy atom. The average molecular weight is 258 g/mol. The first-order valence-electron chi connectivity index (χ1n) is 4.43. The minimum absolute atomic E-state index is 0.228. The molecule has 0 unspecified atom stereocenters. The number of phenols is 1. The van der Waals surface area contributed by atoms with Crippen LogP contribution in [0.25, 0.3) is 0 Å². The molecule has 0 aliphatic heterocycles. The van der Waals surface area contributed by atoms with Crippen LogP contribution in [0.4, 0.5) is 0 Å². The lowest BCUT2D eigenvalue weighted by Gasteiger charge is -2.14. The maximum absolute atomic E-state index is 9.81. The molecule has 0 saturated heterocycles. The van der Waals surface area contributed by atoms with E-state index in [2.05, 4.69) is 15.9 Å². The quantitative estimate of drug-likeness (QED) is 0.854. The van der Waals surface area contributed by atoms with Crippen LogP contribution in [0.3, 0.4) is 0 Å². The van der Waals surface area contributed by atoms with E-state index in [0.29, 0.717) is 10.2 Å². The summed E-state index contributed by atoms with van der Waals surface area (Å²) in [5.74, 6) is 0.937. The van der Waals surface area contributed by atoms with Crippen LogP contribution in [-0.4, -0.2) is 12.2 Å². The van der Waals surface area contributed by atoms with Gasteiger partial charge in [-0.3, -0.25) is 0 Å². The molecule has 1 saturated carbocycles. The molecule has 0 spiro atoms. The largest absolute Gasteiger partial charge is 0.506 e. The highest BCUT2D eigenvalue weighted by atomic mass is 79.9. The molecule has 1 aromatic carbocycles. The van der Waals surface area contributed by atoms with Gasteiger partial charge in [-0.2, -0.15) is 0 Å². The van der Waals surface area contributed by atoms with Crippen LogP contribution in [0.2, 0.25) is 0 Å². The number of rotatable bonds is 2. The second-order valence-electron chi connectivity index (χ2n) is 3.66. The molecule has 3 nitrogen and oxygen atoms in total. The molecule has 76 valence electrons. The van der Waals surface area contributed by atoms with Crippen molar-refractivity contribution in [3.05, 3.63) is 22.2 Å². The third-order valence-electron chi connectivity index (χ3n) is 2.60. The number of aromatic hydroxyl groups is 1. The highest BCUT2D eigenvalue weighted by Gasteiger charge is 2.42. The van der Waals surface area contributed by atoms with Crippen molar-refractivity contribution < 1.29 is 9.84 Å². The molecule has 1 fully saturated rings. The molecule has 0 heterocycles. The number of hydrogen-bond acceptors (Lipinski definition) is 3. The van der Waals surface area contributed by atoms with Gasteiger partial charge in [-0.05, 0) is 40.9 Å². The van der Waals surface area contributed by atoms with E-state index >= 15 is 0 Å². The molecule has 3 N–H and O–H groups in total. The number of phenolic OH excluding ortho intramolecular Hbond substituents is 1. The summed E-state index contributed by atoms with van der Waals surface area (Å²) in [7, 11) is 1.60. The SMILES string of the molecule is COc1cc(Br)c(O)c(C2(N)CC2)c1. The highest BCUT2D eigenvalue weighted by molar-refractivity contribution is 9.10. The molecule has 0 atom stereocenters. The van der Waals surface area contributed by atoms with Crippen LogP contribution in [0.5, 0.6) is 11.5 Å². The van der Waals surface area contributed by atoms with Crippen LogP contribution in [-0.2, 0) is 5.54 Å². The second-order valence-corrected chi connectivity index (χ2v) is 4.52. The number of nitrogens with two attached hydrogens (primary N) is 1. The Balaban J connectivity index is 2.52. The maximum Gasteiger partial charge on any atom is 0.135 e. The lowest BCUT2D eigenvalue weighted by Crippen LogP contribution is -2.18. The fourth-order valence-electron chi connectivity index (χ4n) is 1.48. The predicted molar refractivity (Wildman–Crippen MR) is 57.5 cm³/mol. The van der Waals surface area contributed by atoms with Crippen LogP contribution < -0.4 is 10.5 Å². The van der Waals surface area contributed by atoms with E-state index < -0.39 is 0 Å². The minimum atomic E-state index is -0.346. The van der Waals surface area contributed by atoms with Gasteiger partial charge in [0, 0.05) is 11.1 Å². The summed E-state index contributed by atoms with van der Waals surface area (Å²) in [5.41, 5.74) is 6.45. The summed E-state index contributed by atoms with van der Waals surface area (Å²) in [6, 6.07) is 3.53. The van der Waals surface area contributed by atoms with Crippen molar-refractivity contribution in [3.8, 4) is 11.5 Å². The minimum Gasteiger partial charge on any atom is -0.506 e. The third kappa shape index (κ3) is 1.48. The van der Waals surface area contributed by atoms with Crippen molar-refractivity contribution in [1.29, 1.82) is 0 Å². The number of hydrogen-bond donors (Lipinski definition) is 2. The van der Waals surface area contributed by atoms with E-state index in [-0.39, 0.29) is 11.3 Å². The van der Waals surface area contributed by atoms with Crippen LogP contribution in [0.15, 0.2) is 16.6 Å². The molecule has 1 aliphatic rings. The zero-order chi connectivity index (χ0) is 10.3. The summed E-state index contributed by atoms with van der Waals surface area (Å²) in [4.78, 5) is 0. The van der Waals surface area contributed by atoms with Gasteiger partial charge in [0.25, 0.3) is 0 Å². The van der Waals surface area contributed by atoms with E-state index in [1.807, 2.05) is 0 Å². The van der Waals surface area contributed by atoms with Crippen LogP contribution >= 0.6 is 15.9 Å². The molecule has 1 aliphatic carbocycles. The molecule has 1 aromatic rings. The average Bonchev–Trinajstić information content (AvgIpc) is 2.89. The fraction of sp³-hybridized carbons (Fsp3) is 0.400. The van der Waals surface area contributed by atoms with E-state index in [4.69, 9.17) is 10.5 Å². The van der Waals surface area contributed by atoms with Crippen LogP contribution in [0.1, 0.15) is 18.4 Å². The van der Waals surface area contributed by atoms with E-state index in [1.54, 1.807) is 19.2 Å². The van der Waals surface area contributed by atoms with Crippen LogP contribution in [0, 0.1) is 0 Å². The Morgan fingerprint density at radius 1 is 1.50 bits per heavy atom. The number of methoxy groups -OCH3 is 1. The molecule has 0 bridgehead atoms. The Bertz CT molecular complexity index is 375. The molecular weight excluding hydrogens is 246 g/mol.